The fourth-order valence-corrected chi connectivity index (χ4v) is 2.89. The number of benzene rings is 2. The number of ether oxygens (including phenoxy) is 2. The highest BCUT2D eigenvalue weighted by Crippen LogP contribution is 2.16. The van der Waals surface area contributed by atoms with Gasteiger partial charge in [0, 0.05) is 24.7 Å². The molecule has 3 rings (SSSR count). The van der Waals surface area contributed by atoms with Crippen LogP contribution in [0.25, 0.3) is 0 Å². The lowest BCUT2D eigenvalue weighted by Crippen LogP contribution is -2.25. The molecule has 1 atom stereocenters. The predicted molar refractivity (Wildman–Crippen MR) is 92.9 cm³/mol. The number of hydrogen-bond donors (Lipinski definition) is 1. The van der Waals surface area contributed by atoms with Crippen molar-refractivity contribution in [2.24, 2.45) is 0 Å². The Morgan fingerprint density at radius 1 is 1.13 bits per heavy atom. The Bertz CT molecular complexity index is 609. The third-order valence-corrected chi connectivity index (χ3v) is 4.18. The van der Waals surface area contributed by atoms with Gasteiger partial charge in [-0.1, -0.05) is 35.9 Å². The monoisotopic (exact) mass is 331 g/mol. The lowest BCUT2D eigenvalue weighted by molar-refractivity contribution is 0.110. The summed E-state index contributed by atoms with van der Waals surface area (Å²) >= 11 is 5.97. The van der Waals surface area contributed by atoms with E-state index in [1.165, 1.54) is 18.4 Å². The molecule has 1 heterocycles. The molecule has 1 aliphatic heterocycles. The van der Waals surface area contributed by atoms with Gasteiger partial charge in [-0.05, 0) is 48.2 Å². The minimum absolute atomic E-state index is 0.385. The molecule has 0 radical (unpaired) electrons. The molecule has 4 heteroatoms. The van der Waals surface area contributed by atoms with Crippen LogP contribution in [0.1, 0.15) is 24.0 Å². The van der Waals surface area contributed by atoms with E-state index in [2.05, 4.69) is 17.4 Å². The molecule has 0 spiro atoms. The van der Waals surface area contributed by atoms with Gasteiger partial charge in [0.05, 0.1) is 6.10 Å². The third-order valence-electron chi connectivity index (χ3n) is 3.94. The molecule has 122 valence electrons. The number of nitrogens with one attached hydrogen (secondary N) is 1. The molecule has 1 aliphatic rings. The summed E-state index contributed by atoms with van der Waals surface area (Å²) in [7, 11) is 0. The second kappa shape index (κ2) is 8.34. The molecule has 3 nitrogen and oxygen atoms in total. The van der Waals surface area contributed by atoms with Crippen LogP contribution < -0.4 is 10.1 Å². The molecule has 23 heavy (non-hydrogen) atoms. The average Bonchev–Trinajstić information content (AvgIpc) is 3.08. The predicted octanol–water partition coefficient (Wildman–Crippen LogP) is 4.19. The van der Waals surface area contributed by atoms with Gasteiger partial charge < -0.3 is 14.8 Å². The fourth-order valence-electron chi connectivity index (χ4n) is 2.68. The molecular formula is C19H22ClNO2. The summed E-state index contributed by atoms with van der Waals surface area (Å²) < 4.78 is 11.4. The first kappa shape index (κ1) is 16.3. The van der Waals surface area contributed by atoms with Gasteiger partial charge in [-0.25, -0.2) is 0 Å². The Morgan fingerprint density at radius 2 is 2.00 bits per heavy atom. The zero-order valence-corrected chi connectivity index (χ0v) is 13.9. The molecule has 0 bridgehead atoms. The van der Waals surface area contributed by atoms with Crippen LogP contribution in [0.4, 0.5) is 0 Å². The highest BCUT2D eigenvalue weighted by molar-refractivity contribution is 6.30. The average molecular weight is 332 g/mol. The molecule has 1 N–H and O–H groups in total. The van der Waals surface area contributed by atoms with Crippen LogP contribution in [0.3, 0.4) is 0 Å². The second-order valence-electron chi connectivity index (χ2n) is 5.83. The van der Waals surface area contributed by atoms with Gasteiger partial charge in [0.15, 0.2) is 0 Å². The first-order valence-electron chi connectivity index (χ1n) is 8.08. The van der Waals surface area contributed by atoms with Crippen molar-refractivity contribution in [3.8, 4) is 5.75 Å². The number of halogens is 1. The van der Waals surface area contributed by atoms with Crippen LogP contribution >= 0.6 is 11.6 Å². The summed E-state index contributed by atoms with van der Waals surface area (Å²) in [4.78, 5) is 0. The highest BCUT2D eigenvalue weighted by atomic mass is 35.5. The van der Waals surface area contributed by atoms with Crippen molar-refractivity contribution in [3.63, 3.8) is 0 Å². The first-order chi connectivity index (χ1) is 11.3. The van der Waals surface area contributed by atoms with Crippen LogP contribution in [-0.4, -0.2) is 19.3 Å². The minimum atomic E-state index is 0.385. The Labute approximate surface area is 142 Å². The van der Waals surface area contributed by atoms with Crippen molar-refractivity contribution in [2.75, 3.05) is 13.2 Å². The van der Waals surface area contributed by atoms with E-state index in [9.17, 15) is 0 Å². The molecule has 1 fully saturated rings. The Kier molecular flexibility index (Phi) is 5.92. The molecule has 0 aliphatic carbocycles. The van der Waals surface area contributed by atoms with Gasteiger partial charge in [-0.3, -0.25) is 0 Å². The van der Waals surface area contributed by atoms with Crippen LogP contribution in [0, 0.1) is 0 Å². The summed E-state index contributed by atoms with van der Waals surface area (Å²) in [6.07, 6.45) is 2.74. The normalized spacial score (nSPS) is 17.3. The van der Waals surface area contributed by atoms with Crippen molar-refractivity contribution < 1.29 is 9.47 Å². The molecule has 0 amide bonds. The Morgan fingerprint density at radius 3 is 2.74 bits per heavy atom. The standard InChI is InChI=1S/C19H22ClNO2/c20-17-4-1-3-16(11-17)14-23-18-8-6-15(7-9-18)12-21-13-19-5-2-10-22-19/h1,3-4,6-9,11,19,21H,2,5,10,12-14H2/t19-/m0/s1. The molecule has 0 unspecified atom stereocenters. The SMILES string of the molecule is Clc1cccc(COc2ccc(CNC[C@@H]3CCCO3)cc2)c1. The Balaban J connectivity index is 1.43. The van der Waals surface area contributed by atoms with Crippen molar-refractivity contribution in [3.05, 3.63) is 64.7 Å². The number of rotatable bonds is 7. The van der Waals surface area contributed by atoms with Crippen molar-refractivity contribution in [1.82, 2.24) is 5.32 Å². The van der Waals surface area contributed by atoms with Crippen LogP contribution in [0.5, 0.6) is 5.75 Å². The summed E-state index contributed by atoms with van der Waals surface area (Å²) in [5, 5.41) is 4.18. The maximum Gasteiger partial charge on any atom is 0.119 e. The summed E-state index contributed by atoms with van der Waals surface area (Å²) in [5.41, 5.74) is 2.32. The second-order valence-corrected chi connectivity index (χ2v) is 6.26. The van der Waals surface area contributed by atoms with E-state index in [1.54, 1.807) is 0 Å². The topological polar surface area (TPSA) is 30.5 Å². The van der Waals surface area contributed by atoms with Crippen molar-refractivity contribution >= 4 is 11.6 Å². The zero-order valence-electron chi connectivity index (χ0n) is 13.1. The molecule has 2 aromatic carbocycles. The lowest BCUT2D eigenvalue weighted by Gasteiger charge is -2.11. The molecule has 1 saturated heterocycles. The van der Waals surface area contributed by atoms with E-state index in [0.29, 0.717) is 12.7 Å². The quantitative estimate of drug-likeness (QED) is 0.825. The molecule has 0 saturated carbocycles. The third kappa shape index (κ3) is 5.24. The van der Waals surface area contributed by atoms with E-state index >= 15 is 0 Å². The maximum absolute atomic E-state index is 5.97. The minimum Gasteiger partial charge on any atom is -0.489 e. The zero-order chi connectivity index (χ0) is 15.9. The summed E-state index contributed by atoms with van der Waals surface area (Å²) in [5.74, 6) is 0.868. The van der Waals surface area contributed by atoms with E-state index in [4.69, 9.17) is 21.1 Å². The largest absolute Gasteiger partial charge is 0.489 e. The van der Waals surface area contributed by atoms with Gasteiger partial charge in [-0.15, -0.1) is 0 Å². The molecular weight excluding hydrogens is 310 g/mol. The maximum atomic E-state index is 5.97. The van der Waals surface area contributed by atoms with E-state index in [-0.39, 0.29) is 0 Å². The number of hydrogen-bond acceptors (Lipinski definition) is 3. The smallest absolute Gasteiger partial charge is 0.119 e. The van der Waals surface area contributed by atoms with E-state index in [0.717, 1.165) is 36.0 Å². The van der Waals surface area contributed by atoms with Gasteiger partial charge in [0.1, 0.15) is 12.4 Å². The van der Waals surface area contributed by atoms with Crippen molar-refractivity contribution in [1.29, 1.82) is 0 Å². The van der Waals surface area contributed by atoms with E-state index < -0.39 is 0 Å². The summed E-state index contributed by atoms with van der Waals surface area (Å²) in [6.45, 7) is 3.21. The van der Waals surface area contributed by atoms with Gasteiger partial charge in [0.2, 0.25) is 0 Å². The lowest BCUT2D eigenvalue weighted by atomic mass is 10.2. The first-order valence-corrected chi connectivity index (χ1v) is 8.46. The van der Waals surface area contributed by atoms with E-state index in [1.807, 2.05) is 36.4 Å². The molecule has 2 aromatic rings. The van der Waals surface area contributed by atoms with Crippen LogP contribution in [0.15, 0.2) is 48.5 Å². The van der Waals surface area contributed by atoms with Gasteiger partial charge in [0.25, 0.3) is 0 Å². The van der Waals surface area contributed by atoms with Crippen LogP contribution in [-0.2, 0) is 17.9 Å². The van der Waals surface area contributed by atoms with Crippen LogP contribution in [0.2, 0.25) is 5.02 Å². The van der Waals surface area contributed by atoms with Crippen molar-refractivity contribution in [2.45, 2.75) is 32.1 Å². The Hall–Kier alpha value is -1.55. The van der Waals surface area contributed by atoms with Gasteiger partial charge in [-0.2, -0.15) is 0 Å². The fraction of sp³-hybridized carbons (Fsp3) is 0.368. The van der Waals surface area contributed by atoms with Gasteiger partial charge >= 0.3 is 0 Å². The summed E-state index contributed by atoms with van der Waals surface area (Å²) in [6, 6.07) is 15.9. The molecule has 0 aromatic heterocycles. The highest BCUT2D eigenvalue weighted by Gasteiger charge is 2.14.